The van der Waals surface area contributed by atoms with E-state index in [-0.39, 0.29) is 20.3 Å². The van der Waals surface area contributed by atoms with Crippen molar-refractivity contribution in [2.24, 2.45) is 4.99 Å². The van der Waals surface area contributed by atoms with Crippen LogP contribution in [0, 0.1) is 2.44 Å². The first kappa shape index (κ1) is 21.0. The van der Waals surface area contributed by atoms with Gasteiger partial charge in [0.2, 0.25) is 0 Å². The molecule has 0 saturated carbocycles. The number of nitrogens with zero attached hydrogens (tertiary/aromatic N) is 1. The average Bonchev–Trinajstić information content (AvgIpc) is 2.94. The summed E-state index contributed by atoms with van der Waals surface area (Å²) in [5, 5.41) is 13.3. The number of halogens is 3. The summed E-state index contributed by atoms with van der Waals surface area (Å²) in [6, 6.07) is 5.61. The summed E-state index contributed by atoms with van der Waals surface area (Å²) < 4.78 is 4.49. The SMILES string of the molecule is CC[Si]1(CC)C2=CC(=O)C=CC2=Nc2ccc(O)c(-c3[se]c(I)c(Br)c3Br)c21. The van der Waals surface area contributed by atoms with Gasteiger partial charge in [-0.05, 0) is 0 Å². The fourth-order valence-electron chi connectivity index (χ4n) is 4.16. The maximum atomic E-state index is 12.2. The van der Waals surface area contributed by atoms with Gasteiger partial charge in [-0.25, -0.2) is 0 Å². The average molecular weight is 696 g/mol. The summed E-state index contributed by atoms with van der Waals surface area (Å²) in [6.45, 7) is 4.42. The Morgan fingerprint density at radius 2 is 1.89 bits per heavy atom. The van der Waals surface area contributed by atoms with E-state index in [1.54, 1.807) is 18.2 Å². The number of phenolic OH excluding ortho intramolecular Hbond substituents is 1. The zero-order valence-corrected chi connectivity index (χ0v) is 23.2. The van der Waals surface area contributed by atoms with Gasteiger partial charge in [0.05, 0.1) is 0 Å². The Kier molecular flexibility index (Phi) is 5.83. The van der Waals surface area contributed by atoms with E-state index in [1.165, 1.54) is 7.63 Å². The van der Waals surface area contributed by atoms with Gasteiger partial charge in [-0.15, -0.1) is 0 Å². The van der Waals surface area contributed by atoms with Gasteiger partial charge in [-0.2, -0.15) is 0 Å². The molecule has 0 amide bonds. The van der Waals surface area contributed by atoms with Crippen LogP contribution < -0.4 is 5.19 Å². The fraction of sp³-hybridized carbons (Fsp3) is 0.200. The van der Waals surface area contributed by atoms with Crippen LogP contribution in [0.4, 0.5) is 5.69 Å². The summed E-state index contributed by atoms with van der Waals surface area (Å²) >= 11 is 9.89. The fourth-order valence-corrected chi connectivity index (χ4v) is 14.6. The van der Waals surface area contributed by atoms with E-state index in [4.69, 9.17) is 4.99 Å². The van der Waals surface area contributed by atoms with Crippen LogP contribution in [0.15, 0.2) is 49.5 Å². The summed E-state index contributed by atoms with van der Waals surface area (Å²) in [6.07, 6.45) is 5.24. The van der Waals surface area contributed by atoms with Crippen LogP contribution in [0.1, 0.15) is 13.8 Å². The molecule has 1 aromatic heterocycles. The van der Waals surface area contributed by atoms with Gasteiger partial charge in [-0.1, -0.05) is 0 Å². The van der Waals surface area contributed by atoms with Crippen molar-refractivity contribution < 1.29 is 9.90 Å². The van der Waals surface area contributed by atoms with Crippen LogP contribution in [0.25, 0.3) is 10.0 Å². The number of hydrogen-bond donors (Lipinski definition) is 1. The van der Waals surface area contributed by atoms with E-state index in [0.717, 1.165) is 47.6 Å². The number of ketones is 1. The van der Waals surface area contributed by atoms with E-state index in [9.17, 15) is 9.90 Å². The molecule has 2 aliphatic rings. The van der Waals surface area contributed by atoms with Crippen LogP contribution >= 0.6 is 54.5 Å². The first-order valence-corrected chi connectivity index (χ1v) is 15.7. The molecule has 28 heavy (non-hydrogen) atoms. The number of aromatic hydroxyl groups is 1. The molecule has 1 N–H and O–H groups in total. The Bertz CT molecular complexity index is 1120. The van der Waals surface area contributed by atoms with Gasteiger partial charge in [0.1, 0.15) is 0 Å². The first-order valence-electron chi connectivity index (χ1n) is 8.87. The third-order valence-corrected chi connectivity index (χ3v) is 18.7. The van der Waals surface area contributed by atoms with Crippen LogP contribution in [0.2, 0.25) is 12.1 Å². The van der Waals surface area contributed by atoms with E-state index < -0.39 is 8.07 Å². The Balaban J connectivity index is 2.14. The molecule has 1 aliphatic carbocycles. The second-order valence-electron chi connectivity index (χ2n) is 6.77. The summed E-state index contributed by atoms with van der Waals surface area (Å²) in [4.78, 5) is 17.1. The monoisotopic (exact) mass is 695 g/mol. The first-order chi connectivity index (χ1) is 13.3. The van der Waals surface area contributed by atoms with Crippen LogP contribution in [0.5, 0.6) is 5.75 Å². The van der Waals surface area contributed by atoms with Gasteiger partial charge in [-0.3, -0.25) is 0 Å². The predicted molar refractivity (Wildman–Crippen MR) is 134 cm³/mol. The van der Waals surface area contributed by atoms with Crippen molar-refractivity contribution in [1.82, 2.24) is 0 Å². The van der Waals surface area contributed by atoms with E-state index >= 15 is 0 Å². The number of allylic oxidation sites excluding steroid dienone is 4. The molecule has 8 heteroatoms. The molecule has 0 radical (unpaired) electrons. The van der Waals surface area contributed by atoms with E-state index in [0.29, 0.717) is 5.75 Å². The molecule has 0 fully saturated rings. The second-order valence-corrected chi connectivity index (χ2v) is 17.8. The molecule has 0 atom stereocenters. The Morgan fingerprint density at radius 3 is 2.50 bits per heavy atom. The molecular weight excluding hydrogens is 680 g/mol. The minimum atomic E-state index is -2.26. The maximum absolute atomic E-state index is 12.2. The second kappa shape index (κ2) is 7.78. The van der Waals surface area contributed by atoms with Crippen LogP contribution in [-0.4, -0.2) is 39.2 Å². The van der Waals surface area contributed by atoms with Crippen LogP contribution in [-0.2, 0) is 4.79 Å². The molecule has 2 heterocycles. The molecule has 0 spiro atoms. The summed E-state index contributed by atoms with van der Waals surface area (Å²) in [7, 11) is -2.26. The van der Waals surface area contributed by atoms with Gasteiger partial charge in [0.15, 0.2) is 0 Å². The standard InChI is InChI=1S/C20H16Br2INO2SeSi/c1-3-28(4-2)14-9-10(25)5-6-11(14)24-12-7-8-13(26)15(19(12)28)18-16(21)17(22)20(23)27-18/h5-9,26H,3-4H2,1-2H3. The van der Waals surface area contributed by atoms with Gasteiger partial charge < -0.3 is 0 Å². The summed E-state index contributed by atoms with van der Waals surface area (Å²) in [5.74, 6) is 0.331. The Hall–Kier alpha value is -0.254. The topological polar surface area (TPSA) is 49.7 Å². The normalized spacial score (nSPS) is 17.1. The summed E-state index contributed by atoms with van der Waals surface area (Å²) in [5.41, 5.74) is 2.78. The van der Waals surface area contributed by atoms with E-state index in [1.807, 2.05) is 12.1 Å². The van der Waals surface area contributed by atoms with Crippen molar-refractivity contribution >= 4 is 99.4 Å². The molecule has 3 nitrogen and oxygen atoms in total. The predicted octanol–water partition coefficient (Wildman–Crippen LogP) is 5.63. The number of phenols is 1. The van der Waals surface area contributed by atoms with Gasteiger partial charge in [0, 0.05) is 0 Å². The van der Waals surface area contributed by atoms with Crippen molar-refractivity contribution in [3.8, 4) is 15.8 Å². The molecule has 1 aliphatic heterocycles. The number of carbonyl (C=O) groups excluding carboxylic acids is 1. The molecule has 144 valence electrons. The number of aliphatic imine (C=N–C) groups is 1. The molecule has 0 saturated heterocycles. The number of benzene rings is 1. The number of fused-ring (bicyclic) bond motifs is 2. The number of carbonyl (C=O) groups is 1. The number of rotatable bonds is 3. The van der Waals surface area contributed by atoms with Crippen molar-refractivity contribution in [2.45, 2.75) is 25.9 Å². The van der Waals surface area contributed by atoms with Gasteiger partial charge in [0.25, 0.3) is 0 Å². The van der Waals surface area contributed by atoms with Crippen LogP contribution in [0.3, 0.4) is 0 Å². The molecule has 2 aromatic rings. The Morgan fingerprint density at radius 1 is 1.18 bits per heavy atom. The molecule has 0 unspecified atom stereocenters. The third-order valence-electron chi connectivity index (χ3n) is 5.55. The van der Waals surface area contributed by atoms with Crippen molar-refractivity contribution in [2.75, 3.05) is 0 Å². The zero-order valence-electron chi connectivity index (χ0n) is 15.1. The molecular formula is C20H16Br2INO2SeSi. The number of hydrogen-bond acceptors (Lipinski definition) is 3. The van der Waals surface area contributed by atoms with Crippen molar-refractivity contribution in [3.05, 3.63) is 46.9 Å². The zero-order chi connectivity index (χ0) is 20.2. The van der Waals surface area contributed by atoms with Crippen molar-refractivity contribution in [3.63, 3.8) is 0 Å². The van der Waals surface area contributed by atoms with Gasteiger partial charge >= 0.3 is 203 Å². The Labute approximate surface area is 201 Å². The third kappa shape index (κ3) is 3.06. The molecule has 0 bridgehead atoms. The molecule has 1 aromatic carbocycles. The van der Waals surface area contributed by atoms with Crippen molar-refractivity contribution in [1.29, 1.82) is 0 Å². The molecule has 4 rings (SSSR count). The quantitative estimate of drug-likeness (QED) is 0.257. The van der Waals surface area contributed by atoms with E-state index in [2.05, 4.69) is 68.3 Å². The minimum absolute atomic E-state index is 0.0299.